The first-order valence-electron chi connectivity index (χ1n) is 9.78. The Balaban J connectivity index is 1.49. The highest BCUT2D eigenvalue weighted by Crippen LogP contribution is 2.26. The second-order valence-corrected chi connectivity index (χ2v) is 7.25. The predicted molar refractivity (Wildman–Crippen MR) is 110 cm³/mol. The molecule has 1 aliphatic rings. The predicted octanol–water partition coefficient (Wildman–Crippen LogP) is 3.56. The van der Waals surface area contributed by atoms with E-state index in [1.165, 1.54) is 17.0 Å². The van der Waals surface area contributed by atoms with Crippen LogP contribution in [0.5, 0.6) is 0 Å². The molecule has 1 atom stereocenters. The average Bonchev–Trinajstić information content (AvgIpc) is 3.29. The van der Waals surface area contributed by atoms with Crippen molar-refractivity contribution in [1.82, 2.24) is 10.2 Å². The number of hydrogen-bond acceptors (Lipinski definition) is 5. The molecule has 3 aromatic rings. The monoisotopic (exact) mass is 406 g/mol. The van der Waals surface area contributed by atoms with Crippen LogP contribution >= 0.6 is 0 Å². The normalized spacial score (nSPS) is 14.3. The van der Waals surface area contributed by atoms with Crippen molar-refractivity contribution in [3.63, 3.8) is 0 Å². The number of nitrogens with one attached hydrogen (secondary N) is 1. The number of nitrogens with zero attached hydrogens (tertiary/aromatic N) is 1. The van der Waals surface area contributed by atoms with E-state index in [1.807, 2.05) is 37.3 Å². The van der Waals surface area contributed by atoms with Crippen LogP contribution in [0.2, 0.25) is 0 Å². The van der Waals surface area contributed by atoms with E-state index in [1.54, 1.807) is 13.2 Å². The van der Waals surface area contributed by atoms with Gasteiger partial charge in [0.25, 0.3) is 17.7 Å². The zero-order valence-electron chi connectivity index (χ0n) is 16.8. The van der Waals surface area contributed by atoms with Crippen LogP contribution in [0.1, 0.15) is 56.2 Å². The molecular weight excluding hydrogens is 384 g/mol. The molecule has 7 heteroatoms. The van der Waals surface area contributed by atoms with Crippen LogP contribution in [-0.2, 0) is 4.74 Å². The summed E-state index contributed by atoms with van der Waals surface area (Å²) in [4.78, 5) is 39.1. The number of benzene rings is 2. The topological polar surface area (TPSA) is 88.8 Å². The second-order valence-electron chi connectivity index (χ2n) is 7.25. The minimum atomic E-state index is -0.383. The lowest BCUT2D eigenvalue weighted by Gasteiger charge is -2.12. The molecule has 0 saturated heterocycles. The summed E-state index contributed by atoms with van der Waals surface area (Å²) in [6.45, 7) is 2.57. The van der Waals surface area contributed by atoms with E-state index in [0.717, 1.165) is 11.0 Å². The van der Waals surface area contributed by atoms with Crippen molar-refractivity contribution in [2.45, 2.75) is 19.4 Å². The molecule has 30 heavy (non-hydrogen) atoms. The minimum Gasteiger partial charge on any atom is -0.459 e. The third kappa shape index (κ3) is 3.59. The second kappa shape index (κ2) is 8.12. The van der Waals surface area contributed by atoms with E-state index < -0.39 is 0 Å². The van der Waals surface area contributed by atoms with Crippen LogP contribution in [0.4, 0.5) is 0 Å². The molecule has 1 aliphatic heterocycles. The van der Waals surface area contributed by atoms with Crippen molar-refractivity contribution in [2.75, 3.05) is 20.3 Å². The fraction of sp³-hybridized carbons (Fsp3) is 0.261. The maximum atomic E-state index is 12.7. The first-order chi connectivity index (χ1) is 14.5. The van der Waals surface area contributed by atoms with Crippen molar-refractivity contribution in [1.29, 1.82) is 0 Å². The summed E-state index contributed by atoms with van der Waals surface area (Å²) in [5.74, 6) is -0.426. The molecule has 1 unspecified atom stereocenters. The maximum absolute atomic E-state index is 12.7. The lowest BCUT2D eigenvalue weighted by molar-refractivity contribution is 0.0638. The molecule has 2 aromatic carbocycles. The molecular formula is C23H22N2O5. The summed E-state index contributed by atoms with van der Waals surface area (Å²) in [7, 11) is 1.57. The first-order valence-corrected chi connectivity index (χ1v) is 9.78. The minimum absolute atomic E-state index is 0.251. The van der Waals surface area contributed by atoms with Crippen molar-refractivity contribution < 1.29 is 23.5 Å². The molecule has 0 spiro atoms. The van der Waals surface area contributed by atoms with E-state index in [0.29, 0.717) is 29.9 Å². The Morgan fingerprint density at radius 3 is 2.63 bits per heavy atom. The highest BCUT2D eigenvalue weighted by Gasteiger charge is 2.35. The van der Waals surface area contributed by atoms with Gasteiger partial charge in [-0.15, -0.1) is 0 Å². The molecule has 0 bridgehead atoms. The van der Waals surface area contributed by atoms with Crippen molar-refractivity contribution in [3.05, 3.63) is 71.0 Å². The van der Waals surface area contributed by atoms with Crippen LogP contribution < -0.4 is 5.32 Å². The quantitative estimate of drug-likeness (QED) is 0.479. The summed E-state index contributed by atoms with van der Waals surface area (Å²) < 4.78 is 10.8. The molecule has 2 heterocycles. The molecule has 7 nitrogen and oxygen atoms in total. The number of ether oxygens (including phenoxy) is 1. The lowest BCUT2D eigenvalue weighted by Crippen LogP contribution is -2.31. The molecule has 0 saturated carbocycles. The Labute approximate surface area is 173 Å². The number of rotatable bonds is 7. The third-order valence-electron chi connectivity index (χ3n) is 5.18. The number of amides is 3. The Hall–Kier alpha value is -3.45. The Morgan fingerprint density at radius 1 is 1.10 bits per heavy atom. The van der Waals surface area contributed by atoms with Crippen LogP contribution in [0, 0.1) is 0 Å². The number of fused-ring (bicyclic) bond motifs is 2. The molecule has 4 rings (SSSR count). The molecule has 0 fully saturated rings. The summed E-state index contributed by atoms with van der Waals surface area (Å²) in [5.41, 5.74) is 1.64. The summed E-state index contributed by atoms with van der Waals surface area (Å²) >= 11 is 0. The zero-order chi connectivity index (χ0) is 21.3. The van der Waals surface area contributed by atoms with E-state index in [4.69, 9.17) is 9.15 Å². The SMILES string of the molecule is COCCCN1C(=O)c2ccc(C(=O)NC(C)c3cc4ccccc4o3)cc2C1=O. The molecule has 0 radical (unpaired) electrons. The van der Waals surface area contributed by atoms with Gasteiger partial charge in [-0.3, -0.25) is 19.3 Å². The number of furan rings is 1. The van der Waals surface area contributed by atoms with Gasteiger partial charge in [-0.05, 0) is 43.7 Å². The van der Waals surface area contributed by atoms with Crippen molar-refractivity contribution in [3.8, 4) is 0 Å². The average molecular weight is 406 g/mol. The number of methoxy groups -OCH3 is 1. The molecule has 1 aromatic heterocycles. The Bertz CT molecular complexity index is 1100. The van der Waals surface area contributed by atoms with Gasteiger partial charge in [0.1, 0.15) is 11.3 Å². The maximum Gasteiger partial charge on any atom is 0.261 e. The van der Waals surface area contributed by atoms with Crippen LogP contribution in [-0.4, -0.2) is 42.9 Å². The van der Waals surface area contributed by atoms with Gasteiger partial charge in [0, 0.05) is 31.2 Å². The van der Waals surface area contributed by atoms with E-state index in [2.05, 4.69) is 5.32 Å². The van der Waals surface area contributed by atoms with Crippen molar-refractivity contribution >= 4 is 28.7 Å². The van der Waals surface area contributed by atoms with Gasteiger partial charge >= 0.3 is 0 Å². The smallest absolute Gasteiger partial charge is 0.261 e. The van der Waals surface area contributed by atoms with E-state index in [-0.39, 0.29) is 35.9 Å². The number of carbonyl (C=O) groups excluding carboxylic acids is 3. The molecule has 0 aliphatic carbocycles. The van der Waals surface area contributed by atoms with E-state index in [9.17, 15) is 14.4 Å². The largest absolute Gasteiger partial charge is 0.459 e. The molecule has 154 valence electrons. The highest BCUT2D eigenvalue weighted by atomic mass is 16.5. The highest BCUT2D eigenvalue weighted by molar-refractivity contribution is 6.22. The van der Waals surface area contributed by atoms with Gasteiger partial charge < -0.3 is 14.5 Å². The van der Waals surface area contributed by atoms with Crippen LogP contribution in [0.25, 0.3) is 11.0 Å². The summed E-state index contributed by atoms with van der Waals surface area (Å²) in [6, 6.07) is 13.7. The van der Waals surface area contributed by atoms with Gasteiger partial charge in [0.2, 0.25) is 0 Å². The molecule has 3 amide bonds. The van der Waals surface area contributed by atoms with Gasteiger partial charge in [0.15, 0.2) is 0 Å². The zero-order valence-corrected chi connectivity index (χ0v) is 16.8. The molecule has 1 N–H and O–H groups in total. The fourth-order valence-electron chi connectivity index (χ4n) is 3.57. The first kappa shape index (κ1) is 19.8. The number of imide groups is 1. The number of hydrogen-bond donors (Lipinski definition) is 1. The Morgan fingerprint density at radius 2 is 1.87 bits per heavy atom. The third-order valence-corrected chi connectivity index (χ3v) is 5.18. The van der Waals surface area contributed by atoms with Crippen LogP contribution in [0.15, 0.2) is 52.9 Å². The van der Waals surface area contributed by atoms with Gasteiger partial charge in [-0.1, -0.05) is 18.2 Å². The summed E-state index contributed by atoms with van der Waals surface area (Å²) in [5, 5.41) is 3.85. The summed E-state index contributed by atoms with van der Waals surface area (Å²) in [6.07, 6.45) is 0.560. The number of carbonyl (C=O) groups is 3. The van der Waals surface area contributed by atoms with Gasteiger partial charge in [-0.25, -0.2) is 0 Å². The standard InChI is InChI=1S/C23H22N2O5/c1-14(20-13-15-6-3-4-7-19(15)30-20)24-21(26)16-8-9-17-18(12-16)23(28)25(22(17)27)10-5-11-29-2/h3-4,6-9,12-14H,5,10-11H2,1-2H3,(H,24,26). The van der Waals surface area contributed by atoms with Crippen LogP contribution in [0.3, 0.4) is 0 Å². The van der Waals surface area contributed by atoms with E-state index >= 15 is 0 Å². The number of para-hydroxylation sites is 1. The Kier molecular flexibility index (Phi) is 5.37. The van der Waals surface area contributed by atoms with Gasteiger partial charge in [0.05, 0.1) is 17.2 Å². The van der Waals surface area contributed by atoms with Gasteiger partial charge in [-0.2, -0.15) is 0 Å². The lowest BCUT2D eigenvalue weighted by atomic mass is 10.0. The van der Waals surface area contributed by atoms with Crippen molar-refractivity contribution in [2.24, 2.45) is 0 Å². The fourth-order valence-corrected chi connectivity index (χ4v) is 3.57.